The number of benzene rings is 2. The lowest BCUT2D eigenvalue weighted by Gasteiger charge is -2.42. The Bertz CT molecular complexity index is 976. The van der Waals surface area contributed by atoms with Gasteiger partial charge in [0.15, 0.2) is 0 Å². The molecule has 3 aliphatic rings. The number of H-pyrrole nitrogens is 1. The molecule has 1 N–H and O–H groups in total. The summed E-state index contributed by atoms with van der Waals surface area (Å²) in [6.07, 6.45) is 3.76. The van der Waals surface area contributed by atoms with Gasteiger partial charge in [-0.15, -0.1) is 0 Å². The van der Waals surface area contributed by atoms with Crippen LogP contribution in [0.2, 0.25) is 0 Å². The Morgan fingerprint density at radius 3 is 2.65 bits per heavy atom. The van der Waals surface area contributed by atoms with E-state index in [1.54, 1.807) is 5.57 Å². The highest BCUT2D eigenvalue weighted by Gasteiger charge is 2.31. The quantitative estimate of drug-likeness (QED) is 0.663. The Labute approximate surface area is 154 Å². The second-order valence-electron chi connectivity index (χ2n) is 7.70. The molecule has 4 heterocycles. The molecule has 3 aromatic rings. The average Bonchev–Trinajstić information content (AvgIpc) is 3.07. The van der Waals surface area contributed by atoms with Crippen molar-refractivity contribution < 1.29 is 4.74 Å². The number of fused-ring (bicyclic) bond motifs is 6. The Kier molecular flexibility index (Phi) is 3.97. The topological polar surface area (TPSA) is 28.3 Å². The van der Waals surface area contributed by atoms with Crippen LogP contribution in [0.4, 0.5) is 0 Å². The van der Waals surface area contributed by atoms with Crippen molar-refractivity contribution in [3.8, 4) is 5.75 Å². The smallest absolute Gasteiger partial charge is 0.121 e. The van der Waals surface area contributed by atoms with Crippen molar-refractivity contribution in [1.29, 1.82) is 0 Å². The van der Waals surface area contributed by atoms with E-state index in [1.165, 1.54) is 47.8 Å². The highest BCUT2D eigenvalue weighted by atomic mass is 16.5. The minimum Gasteiger partial charge on any atom is -0.489 e. The van der Waals surface area contributed by atoms with Gasteiger partial charge in [0, 0.05) is 28.9 Å². The van der Waals surface area contributed by atoms with Gasteiger partial charge in [0.1, 0.15) is 12.4 Å². The van der Waals surface area contributed by atoms with Gasteiger partial charge in [0.2, 0.25) is 0 Å². The minimum atomic E-state index is 0.724. The zero-order valence-corrected chi connectivity index (χ0v) is 15.4. The third-order valence-electron chi connectivity index (χ3n) is 6.25. The van der Waals surface area contributed by atoms with E-state index in [0.717, 1.165) is 36.8 Å². The molecule has 3 fully saturated rings. The molecule has 2 aromatic carbocycles. The summed E-state index contributed by atoms with van der Waals surface area (Å²) in [6, 6.07) is 14.9. The van der Waals surface area contributed by atoms with Crippen molar-refractivity contribution in [3.05, 3.63) is 53.6 Å². The molecule has 0 spiro atoms. The van der Waals surface area contributed by atoms with Crippen molar-refractivity contribution >= 4 is 21.8 Å². The second kappa shape index (κ2) is 6.48. The Morgan fingerprint density at radius 1 is 1.08 bits per heavy atom. The van der Waals surface area contributed by atoms with Crippen LogP contribution in [0.25, 0.3) is 21.8 Å². The fourth-order valence-corrected chi connectivity index (χ4v) is 4.73. The Hall–Kier alpha value is -2.26. The van der Waals surface area contributed by atoms with Crippen molar-refractivity contribution in [2.75, 3.05) is 26.2 Å². The molecule has 0 radical (unpaired) electrons. The molecule has 134 valence electrons. The average molecular weight is 346 g/mol. The van der Waals surface area contributed by atoms with Gasteiger partial charge < -0.3 is 9.72 Å². The van der Waals surface area contributed by atoms with Crippen LogP contribution in [0.15, 0.2) is 53.6 Å². The molecule has 2 bridgehead atoms. The Morgan fingerprint density at radius 2 is 1.88 bits per heavy atom. The van der Waals surface area contributed by atoms with E-state index < -0.39 is 0 Å². The van der Waals surface area contributed by atoms with Gasteiger partial charge >= 0.3 is 0 Å². The van der Waals surface area contributed by atoms with E-state index in [1.807, 2.05) is 0 Å². The first kappa shape index (κ1) is 16.0. The number of para-hydroxylation sites is 1. The summed E-state index contributed by atoms with van der Waals surface area (Å²) in [5.74, 6) is 1.76. The SMILES string of the molecule is CC/C(COc1ccc2c(c1)[nH]c1ccccc12)=C1/CN2CCC1CC2. The highest BCUT2D eigenvalue weighted by molar-refractivity contribution is 6.07. The van der Waals surface area contributed by atoms with Crippen molar-refractivity contribution in [2.24, 2.45) is 5.92 Å². The van der Waals surface area contributed by atoms with Crippen LogP contribution in [0.1, 0.15) is 26.2 Å². The molecule has 3 nitrogen and oxygen atoms in total. The van der Waals surface area contributed by atoms with Crippen molar-refractivity contribution in [1.82, 2.24) is 9.88 Å². The largest absolute Gasteiger partial charge is 0.489 e. The highest BCUT2D eigenvalue weighted by Crippen LogP contribution is 2.35. The molecule has 3 saturated heterocycles. The number of piperidine rings is 3. The molecule has 0 unspecified atom stereocenters. The predicted molar refractivity (Wildman–Crippen MR) is 108 cm³/mol. The maximum absolute atomic E-state index is 6.23. The van der Waals surface area contributed by atoms with Gasteiger partial charge in [-0.2, -0.15) is 0 Å². The van der Waals surface area contributed by atoms with E-state index in [4.69, 9.17) is 4.74 Å². The molecular weight excluding hydrogens is 320 g/mol. The summed E-state index contributed by atoms with van der Waals surface area (Å²) in [5.41, 5.74) is 5.51. The standard InChI is InChI=1S/C23H26N2O/c1-2-16(21-14-25-11-9-17(21)10-12-25)15-26-18-7-8-20-19-5-3-4-6-22(19)24-23(20)13-18/h3-8,13,17,24H,2,9-12,14-15H2,1H3/b21-16+. The van der Waals surface area contributed by atoms with Crippen molar-refractivity contribution in [3.63, 3.8) is 0 Å². The molecule has 1 aromatic heterocycles. The first-order valence-corrected chi connectivity index (χ1v) is 9.88. The fourth-order valence-electron chi connectivity index (χ4n) is 4.73. The molecule has 3 heteroatoms. The maximum atomic E-state index is 6.23. The van der Waals surface area contributed by atoms with Crippen LogP contribution < -0.4 is 4.74 Å². The number of nitrogens with zero attached hydrogens (tertiary/aromatic N) is 1. The van der Waals surface area contributed by atoms with Crippen LogP contribution in [-0.4, -0.2) is 36.1 Å². The van der Waals surface area contributed by atoms with Crippen LogP contribution in [-0.2, 0) is 0 Å². The van der Waals surface area contributed by atoms with Gasteiger partial charge in [0.05, 0.1) is 5.52 Å². The van der Waals surface area contributed by atoms with E-state index in [-0.39, 0.29) is 0 Å². The van der Waals surface area contributed by atoms with E-state index in [9.17, 15) is 0 Å². The van der Waals surface area contributed by atoms with E-state index >= 15 is 0 Å². The number of aromatic amines is 1. The number of hydrogen-bond donors (Lipinski definition) is 1. The fraction of sp³-hybridized carbons (Fsp3) is 0.391. The van der Waals surface area contributed by atoms with Crippen LogP contribution >= 0.6 is 0 Å². The zero-order valence-electron chi connectivity index (χ0n) is 15.4. The van der Waals surface area contributed by atoms with Crippen LogP contribution in [0.3, 0.4) is 0 Å². The first-order valence-electron chi connectivity index (χ1n) is 9.88. The third-order valence-corrected chi connectivity index (χ3v) is 6.25. The summed E-state index contributed by atoms with van der Waals surface area (Å²) in [4.78, 5) is 6.11. The monoisotopic (exact) mass is 346 g/mol. The lowest BCUT2D eigenvalue weighted by molar-refractivity contribution is 0.158. The number of rotatable bonds is 4. The lowest BCUT2D eigenvalue weighted by Crippen LogP contribution is -2.43. The van der Waals surface area contributed by atoms with E-state index in [2.05, 4.69) is 59.3 Å². The van der Waals surface area contributed by atoms with Gasteiger partial charge in [-0.1, -0.05) is 30.7 Å². The number of nitrogens with one attached hydrogen (secondary N) is 1. The minimum absolute atomic E-state index is 0.724. The van der Waals surface area contributed by atoms with E-state index in [0.29, 0.717) is 0 Å². The van der Waals surface area contributed by atoms with Gasteiger partial charge in [0.25, 0.3) is 0 Å². The summed E-state index contributed by atoms with van der Waals surface area (Å²) < 4.78 is 6.23. The Balaban J connectivity index is 1.39. The molecule has 3 aliphatic heterocycles. The maximum Gasteiger partial charge on any atom is 0.121 e. The molecule has 0 aliphatic carbocycles. The van der Waals surface area contributed by atoms with Gasteiger partial charge in [-0.25, -0.2) is 0 Å². The second-order valence-corrected chi connectivity index (χ2v) is 7.70. The number of ether oxygens (including phenoxy) is 1. The number of aromatic nitrogens is 1. The number of hydrogen-bond acceptors (Lipinski definition) is 2. The normalized spacial score (nSPS) is 24.3. The molecule has 0 atom stereocenters. The third kappa shape index (κ3) is 2.71. The molecular formula is C23H26N2O. The van der Waals surface area contributed by atoms with Crippen LogP contribution in [0, 0.1) is 5.92 Å². The summed E-state index contributed by atoms with van der Waals surface area (Å²) in [7, 11) is 0. The van der Waals surface area contributed by atoms with Crippen LogP contribution in [0.5, 0.6) is 5.75 Å². The van der Waals surface area contributed by atoms with Gasteiger partial charge in [-0.05, 0) is 62.0 Å². The molecule has 26 heavy (non-hydrogen) atoms. The van der Waals surface area contributed by atoms with Gasteiger partial charge in [-0.3, -0.25) is 4.90 Å². The first-order chi connectivity index (χ1) is 12.8. The zero-order chi connectivity index (χ0) is 17.5. The molecule has 0 saturated carbocycles. The lowest BCUT2D eigenvalue weighted by atomic mass is 9.81. The van der Waals surface area contributed by atoms with Crippen molar-refractivity contribution in [2.45, 2.75) is 26.2 Å². The molecule has 6 rings (SSSR count). The summed E-state index contributed by atoms with van der Waals surface area (Å²) in [5, 5.41) is 2.54. The predicted octanol–water partition coefficient (Wildman–Crippen LogP) is 5.13. The molecule has 0 amide bonds. The summed E-state index contributed by atoms with van der Waals surface area (Å²) >= 11 is 0. The summed E-state index contributed by atoms with van der Waals surface area (Å²) in [6.45, 7) is 6.72.